The van der Waals surface area contributed by atoms with E-state index in [1.165, 1.54) is 25.0 Å². The van der Waals surface area contributed by atoms with Crippen LogP contribution < -0.4 is 5.46 Å². The maximum atomic E-state index is 14.2. The lowest BCUT2D eigenvalue weighted by Gasteiger charge is -2.28. The number of hydrogen-bond acceptors (Lipinski definition) is 2. The van der Waals surface area contributed by atoms with Crippen LogP contribution in [-0.4, -0.2) is 20.3 Å². The molecule has 0 bridgehead atoms. The third-order valence-electron chi connectivity index (χ3n) is 4.10. The first kappa shape index (κ1) is 17.4. The van der Waals surface area contributed by atoms with Crippen LogP contribution in [0.25, 0.3) is 0 Å². The molecule has 1 aromatic rings. The Bertz CT molecular complexity index is 451. The molecule has 2 nitrogen and oxygen atoms in total. The van der Waals surface area contributed by atoms with Gasteiger partial charge in [0.05, 0.1) is 5.46 Å². The van der Waals surface area contributed by atoms with Gasteiger partial charge in [-0.1, -0.05) is 39.5 Å². The minimum atomic E-state index is -0.918. The van der Waals surface area contributed by atoms with E-state index in [1.807, 2.05) is 6.92 Å². The molecule has 0 N–H and O–H groups in total. The van der Waals surface area contributed by atoms with Gasteiger partial charge in [-0.15, -0.1) is 0 Å². The smallest absolute Gasteiger partial charge is 0.407 e. The molecule has 1 saturated heterocycles. The van der Waals surface area contributed by atoms with E-state index in [1.54, 1.807) is 0 Å². The Hall–Kier alpha value is -0.935. The maximum Gasteiger partial charge on any atom is 0.499 e. The highest BCUT2D eigenvalue weighted by Crippen LogP contribution is 2.18. The van der Waals surface area contributed by atoms with E-state index in [0.29, 0.717) is 31.1 Å². The molecular weight excluding hydrogens is 285 g/mol. The Morgan fingerprint density at radius 1 is 1.05 bits per heavy atom. The van der Waals surface area contributed by atoms with E-state index in [-0.39, 0.29) is 5.46 Å². The molecule has 0 atom stereocenters. The van der Waals surface area contributed by atoms with Crippen molar-refractivity contribution < 1.29 is 18.1 Å². The number of halogens is 2. The lowest BCUT2D eigenvalue weighted by molar-refractivity contribution is 0.0803. The van der Waals surface area contributed by atoms with Crippen LogP contribution in [0, 0.1) is 17.6 Å². The summed E-state index contributed by atoms with van der Waals surface area (Å²) in [5, 5.41) is 0. The largest absolute Gasteiger partial charge is 0.499 e. The number of benzene rings is 1. The predicted octanol–water partition coefficient (Wildman–Crippen LogP) is 3.86. The Morgan fingerprint density at radius 3 is 2.23 bits per heavy atom. The van der Waals surface area contributed by atoms with E-state index in [9.17, 15) is 8.78 Å². The van der Waals surface area contributed by atoms with Gasteiger partial charge in [0, 0.05) is 19.1 Å². The average Bonchev–Trinajstić information content (AvgIpc) is 2.49. The van der Waals surface area contributed by atoms with Crippen molar-refractivity contribution in [2.45, 2.75) is 52.4 Å². The molecule has 0 radical (unpaired) electrons. The lowest BCUT2D eigenvalue weighted by atomic mass is 9.75. The highest BCUT2D eigenvalue weighted by atomic mass is 19.1. The van der Waals surface area contributed by atoms with Crippen molar-refractivity contribution in [2.75, 3.05) is 13.2 Å². The fourth-order valence-electron chi connectivity index (χ4n) is 2.85. The van der Waals surface area contributed by atoms with Crippen molar-refractivity contribution in [1.82, 2.24) is 0 Å². The third kappa shape index (κ3) is 4.53. The van der Waals surface area contributed by atoms with E-state index >= 15 is 0 Å². The number of rotatable bonds is 7. The first-order chi connectivity index (χ1) is 10.7. The molecule has 0 spiro atoms. The van der Waals surface area contributed by atoms with Crippen molar-refractivity contribution in [3.8, 4) is 0 Å². The zero-order chi connectivity index (χ0) is 15.9. The van der Waals surface area contributed by atoms with Gasteiger partial charge < -0.3 is 9.31 Å². The summed E-state index contributed by atoms with van der Waals surface area (Å²) in [5.41, 5.74) is 0.585. The Kier molecular flexibility index (Phi) is 6.84. The van der Waals surface area contributed by atoms with E-state index < -0.39 is 18.8 Å². The Labute approximate surface area is 132 Å². The molecule has 1 aliphatic rings. The normalized spacial score (nSPS) is 16.3. The lowest BCUT2D eigenvalue weighted by Crippen LogP contribution is -2.47. The van der Waals surface area contributed by atoms with Crippen LogP contribution in [0.2, 0.25) is 0 Å². The fourth-order valence-corrected chi connectivity index (χ4v) is 2.85. The molecule has 1 aliphatic heterocycles. The average molecular weight is 310 g/mol. The van der Waals surface area contributed by atoms with Crippen LogP contribution in [0.3, 0.4) is 0 Å². The summed E-state index contributed by atoms with van der Waals surface area (Å²) < 4.78 is 39.5. The van der Waals surface area contributed by atoms with Crippen molar-refractivity contribution >= 4 is 12.6 Å². The van der Waals surface area contributed by atoms with Crippen molar-refractivity contribution in [3.05, 3.63) is 29.3 Å². The third-order valence-corrected chi connectivity index (χ3v) is 4.10. The summed E-state index contributed by atoms with van der Waals surface area (Å²) >= 11 is 0. The van der Waals surface area contributed by atoms with Crippen molar-refractivity contribution in [3.63, 3.8) is 0 Å². The van der Waals surface area contributed by atoms with E-state index in [2.05, 4.69) is 6.92 Å². The summed E-state index contributed by atoms with van der Waals surface area (Å²) in [4.78, 5) is 0. The second-order valence-corrected chi connectivity index (χ2v) is 6.08. The van der Waals surface area contributed by atoms with Gasteiger partial charge in [-0.3, -0.25) is 0 Å². The summed E-state index contributed by atoms with van der Waals surface area (Å²) in [7, 11) is -0.918. The van der Waals surface area contributed by atoms with E-state index in [0.717, 1.165) is 19.3 Å². The fraction of sp³-hybridized carbons (Fsp3) is 0.647. The standard InChI is InChI=1S/C17H25BF2O2/c1-3-5-6-8-14-11-21-18(22-12-14)17-15(19)9-13(7-4-2)10-16(17)20/h9-10,14H,3-8,11-12H2,1-2H3. The molecule has 0 saturated carbocycles. The first-order valence-corrected chi connectivity index (χ1v) is 8.36. The monoisotopic (exact) mass is 310 g/mol. The molecule has 1 fully saturated rings. The summed E-state index contributed by atoms with van der Waals surface area (Å²) in [6.45, 7) is 5.15. The maximum absolute atomic E-state index is 14.2. The van der Waals surface area contributed by atoms with Crippen LogP contribution in [0.5, 0.6) is 0 Å². The van der Waals surface area contributed by atoms with Crippen LogP contribution >= 0.6 is 0 Å². The Morgan fingerprint density at radius 2 is 1.68 bits per heavy atom. The topological polar surface area (TPSA) is 18.5 Å². The van der Waals surface area contributed by atoms with Crippen LogP contribution in [0.1, 0.15) is 51.5 Å². The molecule has 5 heteroatoms. The molecule has 1 aromatic carbocycles. The van der Waals surface area contributed by atoms with Crippen LogP contribution in [0.15, 0.2) is 12.1 Å². The second-order valence-electron chi connectivity index (χ2n) is 6.08. The predicted molar refractivity (Wildman–Crippen MR) is 85.3 cm³/mol. The van der Waals surface area contributed by atoms with Crippen molar-refractivity contribution in [2.24, 2.45) is 5.92 Å². The first-order valence-electron chi connectivity index (χ1n) is 8.36. The quantitative estimate of drug-likeness (QED) is 0.562. The van der Waals surface area contributed by atoms with Gasteiger partial charge in [-0.25, -0.2) is 8.78 Å². The highest BCUT2D eigenvalue weighted by molar-refractivity contribution is 6.61. The molecule has 22 heavy (non-hydrogen) atoms. The molecule has 0 aromatic heterocycles. The SMILES string of the molecule is CCCCCC1COB(c2c(F)cc(CCC)cc2F)OC1. The van der Waals surface area contributed by atoms with Gasteiger partial charge in [-0.2, -0.15) is 0 Å². The molecule has 0 aliphatic carbocycles. The van der Waals surface area contributed by atoms with Crippen LogP contribution in [-0.2, 0) is 15.7 Å². The number of aryl methyl sites for hydroxylation is 1. The van der Waals surface area contributed by atoms with Gasteiger partial charge in [0.25, 0.3) is 0 Å². The van der Waals surface area contributed by atoms with Gasteiger partial charge in [-0.05, 0) is 30.5 Å². The summed E-state index contributed by atoms with van der Waals surface area (Å²) in [6, 6.07) is 2.78. The van der Waals surface area contributed by atoms with Crippen molar-refractivity contribution in [1.29, 1.82) is 0 Å². The van der Waals surface area contributed by atoms with Gasteiger partial charge in [0.1, 0.15) is 11.6 Å². The summed E-state index contributed by atoms with van der Waals surface area (Å²) in [6.07, 6.45) is 6.09. The number of hydrogen-bond donors (Lipinski definition) is 0. The molecule has 0 unspecified atom stereocenters. The zero-order valence-corrected chi connectivity index (χ0v) is 13.5. The molecule has 2 rings (SSSR count). The molecular formula is C17H25BF2O2. The second kappa shape index (κ2) is 8.63. The minimum Gasteiger partial charge on any atom is -0.407 e. The zero-order valence-electron chi connectivity index (χ0n) is 13.5. The molecule has 0 amide bonds. The highest BCUT2D eigenvalue weighted by Gasteiger charge is 2.34. The van der Waals surface area contributed by atoms with Gasteiger partial charge in [0.2, 0.25) is 0 Å². The molecule has 122 valence electrons. The van der Waals surface area contributed by atoms with Crippen LogP contribution in [0.4, 0.5) is 8.78 Å². The van der Waals surface area contributed by atoms with E-state index in [4.69, 9.17) is 9.31 Å². The summed E-state index contributed by atoms with van der Waals surface area (Å²) in [5.74, 6) is -0.816. The number of unbranched alkanes of at least 4 members (excludes halogenated alkanes) is 2. The van der Waals surface area contributed by atoms with Gasteiger partial charge in [0.15, 0.2) is 0 Å². The Balaban J connectivity index is 1.96. The van der Waals surface area contributed by atoms with Gasteiger partial charge >= 0.3 is 7.12 Å². The molecule has 1 heterocycles. The minimum absolute atomic E-state index is 0.0909.